The first-order valence-electron chi connectivity index (χ1n) is 10.3. The highest BCUT2D eigenvalue weighted by atomic mass is 16.6. The first kappa shape index (κ1) is 22.7. The van der Waals surface area contributed by atoms with Crippen LogP contribution in [-0.2, 0) is 10.3 Å². The van der Waals surface area contributed by atoms with Crippen LogP contribution in [-0.4, -0.2) is 42.1 Å². The Morgan fingerprint density at radius 3 is 2.16 bits per heavy atom. The van der Waals surface area contributed by atoms with Crippen LogP contribution in [0, 0.1) is 0 Å². The molecule has 3 aromatic rings. The Hall–Kier alpha value is -3.00. The van der Waals surface area contributed by atoms with E-state index in [2.05, 4.69) is 15.1 Å². The molecular weight excluding hydrogens is 394 g/mol. The van der Waals surface area contributed by atoms with Crippen LogP contribution in [0.3, 0.4) is 0 Å². The van der Waals surface area contributed by atoms with Gasteiger partial charge in [-0.05, 0) is 67.5 Å². The summed E-state index contributed by atoms with van der Waals surface area (Å²) < 4.78 is 7.41. The van der Waals surface area contributed by atoms with Crippen LogP contribution < -0.4 is 4.90 Å². The number of hydrogen-bond donors (Lipinski definition) is 1. The number of hydrogen-bond acceptors (Lipinski definition) is 6. The van der Waals surface area contributed by atoms with E-state index in [1.807, 2.05) is 71.9 Å². The molecule has 0 bridgehead atoms. The fourth-order valence-corrected chi connectivity index (χ4v) is 3.10. The molecule has 8 heteroatoms. The number of anilines is 1. The van der Waals surface area contributed by atoms with Crippen molar-refractivity contribution < 1.29 is 14.6 Å². The van der Waals surface area contributed by atoms with Gasteiger partial charge >= 0.3 is 6.09 Å². The largest absolute Gasteiger partial charge is 0.443 e. The smallest absolute Gasteiger partial charge is 0.416 e. The first-order chi connectivity index (χ1) is 14.2. The molecule has 8 nitrogen and oxygen atoms in total. The van der Waals surface area contributed by atoms with Crippen molar-refractivity contribution in [3.8, 4) is 5.69 Å². The third kappa shape index (κ3) is 4.85. The minimum absolute atomic E-state index is 0.243. The Morgan fingerprint density at radius 2 is 1.65 bits per heavy atom. The second-order valence-corrected chi connectivity index (χ2v) is 10.0. The standard InChI is InChI=1S/C23H31N5O3/c1-21(2,3)27(20(29)31-22(4,5)6)18-17-16(14-24-19(25-17)23(7,8)30)26-28(18)15-12-10-9-11-13-15/h9-14,30H,1-8H3. The number of carbonyl (C=O) groups is 1. The summed E-state index contributed by atoms with van der Waals surface area (Å²) in [5, 5.41) is 15.1. The zero-order valence-corrected chi connectivity index (χ0v) is 19.5. The summed E-state index contributed by atoms with van der Waals surface area (Å²) >= 11 is 0. The van der Waals surface area contributed by atoms with E-state index in [1.54, 1.807) is 29.6 Å². The number of aromatic nitrogens is 4. The molecule has 1 N–H and O–H groups in total. The quantitative estimate of drug-likeness (QED) is 0.660. The van der Waals surface area contributed by atoms with Crippen molar-refractivity contribution in [1.82, 2.24) is 19.7 Å². The SMILES string of the molecule is CC(C)(C)OC(=O)N(c1c2nc(C(C)(C)O)ncc2nn1-c1ccccc1)C(C)(C)C. The lowest BCUT2D eigenvalue weighted by molar-refractivity contribution is 0.0548. The van der Waals surface area contributed by atoms with Crippen LogP contribution in [0.5, 0.6) is 0 Å². The maximum absolute atomic E-state index is 13.4. The summed E-state index contributed by atoms with van der Waals surface area (Å²) in [6.07, 6.45) is 1.05. The minimum Gasteiger partial charge on any atom is -0.443 e. The molecule has 2 aromatic heterocycles. The van der Waals surface area contributed by atoms with Gasteiger partial charge in [0.1, 0.15) is 22.2 Å². The molecule has 0 radical (unpaired) electrons. The van der Waals surface area contributed by atoms with E-state index in [0.717, 1.165) is 5.69 Å². The van der Waals surface area contributed by atoms with Gasteiger partial charge in [-0.25, -0.2) is 19.4 Å². The predicted octanol–water partition coefficient (Wildman–Crippen LogP) is 4.58. The maximum atomic E-state index is 13.4. The molecule has 0 aliphatic carbocycles. The van der Waals surface area contributed by atoms with Crippen LogP contribution in [0.15, 0.2) is 36.5 Å². The van der Waals surface area contributed by atoms with Crippen molar-refractivity contribution in [2.45, 2.75) is 72.1 Å². The van der Waals surface area contributed by atoms with Crippen molar-refractivity contribution in [3.63, 3.8) is 0 Å². The van der Waals surface area contributed by atoms with Crippen LogP contribution >= 0.6 is 0 Å². The molecule has 1 amide bonds. The molecule has 0 aliphatic heterocycles. The number of rotatable bonds is 3. The number of fused-ring (bicyclic) bond motifs is 1. The molecule has 0 saturated carbocycles. The molecule has 0 fully saturated rings. The first-order valence-corrected chi connectivity index (χ1v) is 10.3. The summed E-state index contributed by atoms with van der Waals surface area (Å²) in [6, 6.07) is 9.50. The molecule has 166 valence electrons. The third-order valence-corrected chi connectivity index (χ3v) is 4.40. The zero-order valence-electron chi connectivity index (χ0n) is 19.5. The van der Waals surface area contributed by atoms with Crippen molar-refractivity contribution in [1.29, 1.82) is 0 Å². The van der Waals surface area contributed by atoms with Gasteiger partial charge in [0.05, 0.1) is 11.9 Å². The highest BCUT2D eigenvalue weighted by Gasteiger charge is 2.37. The van der Waals surface area contributed by atoms with Gasteiger partial charge in [-0.1, -0.05) is 18.2 Å². The molecule has 0 aliphatic rings. The molecule has 0 atom stereocenters. The van der Waals surface area contributed by atoms with Gasteiger partial charge in [0.2, 0.25) is 0 Å². The molecule has 31 heavy (non-hydrogen) atoms. The highest BCUT2D eigenvalue weighted by molar-refractivity contribution is 5.98. The van der Waals surface area contributed by atoms with Gasteiger partial charge in [-0.3, -0.25) is 4.90 Å². The molecule has 1 aromatic carbocycles. The summed E-state index contributed by atoms with van der Waals surface area (Å²) in [7, 11) is 0. The average Bonchev–Trinajstić information content (AvgIpc) is 2.97. The fraction of sp³-hybridized carbons (Fsp3) is 0.478. The number of amides is 1. The van der Waals surface area contributed by atoms with Crippen molar-refractivity contribution in [2.75, 3.05) is 4.90 Å². The van der Waals surface area contributed by atoms with Crippen molar-refractivity contribution in [2.24, 2.45) is 0 Å². The summed E-state index contributed by atoms with van der Waals surface area (Å²) in [6.45, 7) is 14.5. The number of benzene rings is 1. The summed E-state index contributed by atoms with van der Waals surface area (Å²) in [5.74, 6) is 0.697. The lowest BCUT2D eigenvalue weighted by atomic mass is 10.1. The third-order valence-electron chi connectivity index (χ3n) is 4.40. The Balaban J connectivity index is 2.35. The van der Waals surface area contributed by atoms with Gasteiger partial charge < -0.3 is 9.84 Å². The van der Waals surface area contributed by atoms with Gasteiger partial charge in [0.15, 0.2) is 11.6 Å². The fourth-order valence-electron chi connectivity index (χ4n) is 3.10. The Labute approximate surface area is 182 Å². The van der Waals surface area contributed by atoms with Crippen LogP contribution in [0.2, 0.25) is 0 Å². The number of aliphatic hydroxyl groups is 1. The number of carbonyl (C=O) groups excluding carboxylic acids is 1. The molecule has 0 saturated heterocycles. The van der Waals surface area contributed by atoms with Gasteiger partial charge in [-0.15, -0.1) is 0 Å². The maximum Gasteiger partial charge on any atom is 0.416 e. The van der Waals surface area contributed by atoms with E-state index in [1.165, 1.54) is 0 Å². The number of nitrogens with zero attached hydrogens (tertiary/aromatic N) is 5. The number of para-hydroxylation sites is 1. The number of ether oxygens (including phenoxy) is 1. The van der Waals surface area contributed by atoms with Gasteiger partial charge in [0.25, 0.3) is 0 Å². The van der Waals surface area contributed by atoms with E-state index >= 15 is 0 Å². The molecule has 2 heterocycles. The second kappa shape index (κ2) is 7.60. The summed E-state index contributed by atoms with van der Waals surface area (Å²) in [5.41, 5.74) is -0.860. The average molecular weight is 426 g/mol. The molecule has 3 rings (SSSR count). The molecular formula is C23H31N5O3. The lowest BCUT2D eigenvalue weighted by Gasteiger charge is -2.36. The van der Waals surface area contributed by atoms with E-state index in [9.17, 15) is 9.90 Å². The van der Waals surface area contributed by atoms with Crippen LogP contribution in [0.4, 0.5) is 10.6 Å². The van der Waals surface area contributed by atoms with E-state index in [0.29, 0.717) is 16.9 Å². The van der Waals surface area contributed by atoms with E-state index in [-0.39, 0.29) is 5.82 Å². The highest BCUT2D eigenvalue weighted by Crippen LogP contribution is 2.35. The van der Waals surface area contributed by atoms with Gasteiger partial charge in [-0.2, -0.15) is 5.10 Å². The monoisotopic (exact) mass is 425 g/mol. The second-order valence-electron chi connectivity index (χ2n) is 10.0. The Kier molecular flexibility index (Phi) is 5.56. The van der Waals surface area contributed by atoms with E-state index in [4.69, 9.17) is 4.74 Å². The topological polar surface area (TPSA) is 93.4 Å². The minimum atomic E-state index is -1.25. The van der Waals surface area contributed by atoms with Crippen molar-refractivity contribution >= 4 is 22.9 Å². The summed E-state index contributed by atoms with van der Waals surface area (Å²) in [4.78, 5) is 23.8. The Bertz CT molecular complexity index is 1090. The predicted molar refractivity (Wildman–Crippen MR) is 120 cm³/mol. The normalized spacial score (nSPS) is 12.8. The zero-order chi connectivity index (χ0) is 23.2. The van der Waals surface area contributed by atoms with Crippen LogP contribution in [0.25, 0.3) is 16.7 Å². The van der Waals surface area contributed by atoms with Crippen LogP contribution in [0.1, 0.15) is 61.2 Å². The molecule has 0 unspecified atom stereocenters. The lowest BCUT2D eigenvalue weighted by Crippen LogP contribution is -2.49. The van der Waals surface area contributed by atoms with Gasteiger partial charge in [0, 0.05) is 5.54 Å². The van der Waals surface area contributed by atoms with E-state index < -0.39 is 22.8 Å². The van der Waals surface area contributed by atoms with Crippen molar-refractivity contribution in [3.05, 3.63) is 42.4 Å². The molecule has 0 spiro atoms. The Morgan fingerprint density at radius 1 is 1.03 bits per heavy atom.